The zero-order chi connectivity index (χ0) is 12.1. The van der Waals surface area contributed by atoms with Crippen molar-refractivity contribution in [2.75, 3.05) is 24.0 Å². The van der Waals surface area contributed by atoms with Gasteiger partial charge in [0.2, 0.25) is 0 Å². The average Bonchev–Trinajstić information content (AvgIpc) is 2.28. The summed E-state index contributed by atoms with van der Waals surface area (Å²) in [4.78, 5) is 2.35. The van der Waals surface area contributed by atoms with E-state index >= 15 is 0 Å². The summed E-state index contributed by atoms with van der Waals surface area (Å²) in [6.07, 6.45) is 2.15. The smallest absolute Gasteiger partial charge is 0.0408 e. The van der Waals surface area contributed by atoms with Gasteiger partial charge in [0.15, 0.2) is 0 Å². The Morgan fingerprint density at radius 3 is 2.69 bits per heavy atom. The maximum Gasteiger partial charge on any atom is 0.0408 e. The summed E-state index contributed by atoms with van der Waals surface area (Å²) in [5, 5.41) is 0.887. The van der Waals surface area contributed by atoms with Gasteiger partial charge in [0.05, 0.1) is 0 Å². The van der Waals surface area contributed by atoms with Crippen LogP contribution in [-0.4, -0.2) is 25.1 Å². The highest BCUT2D eigenvalue weighted by Gasteiger charge is 2.12. The van der Waals surface area contributed by atoms with E-state index in [2.05, 4.69) is 75.2 Å². The SMILES string of the molecule is CSCC(C)N(C)c1ccc(Br)cc1CBr. The van der Waals surface area contributed by atoms with Crippen molar-refractivity contribution >= 4 is 49.3 Å². The molecule has 0 N–H and O–H groups in total. The lowest BCUT2D eigenvalue weighted by Crippen LogP contribution is -2.31. The van der Waals surface area contributed by atoms with Crippen molar-refractivity contribution in [2.45, 2.75) is 18.3 Å². The molecule has 0 aliphatic rings. The van der Waals surface area contributed by atoms with Gasteiger partial charge in [0.25, 0.3) is 0 Å². The first kappa shape index (κ1) is 14.4. The minimum atomic E-state index is 0.550. The number of benzene rings is 1. The molecular weight excluding hydrogens is 350 g/mol. The molecule has 0 bridgehead atoms. The average molecular weight is 367 g/mol. The van der Waals surface area contributed by atoms with Gasteiger partial charge in [-0.05, 0) is 36.9 Å². The summed E-state index contributed by atoms with van der Waals surface area (Å²) in [7, 11) is 2.16. The molecule has 16 heavy (non-hydrogen) atoms. The molecule has 0 aliphatic heterocycles. The molecule has 1 aromatic carbocycles. The lowest BCUT2D eigenvalue weighted by molar-refractivity contribution is 0.763. The topological polar surface area (TPSA) is 3.24 Å². The van der Waals surface area contributed by atoms with Crippen LogP contribution in [0.25, 0.3) is 0 Å². The van der Waals surface area contributed by atoms with E-state index in [4.69, 9.17) is 0 Å². The Bertz CT molecular complexity index is 344. The van der Waals surface area contributed by atoms with E-state index in [0.717, 1.165) is 15.6 Å². The first-order valence-corrected chi connectivity index (χ1v) is 8.47. The molecular formula is C12H17Br2NS. The van der Waals surface area contributed by atoms with E-state index in [1.165, 1.54) is 11.3 Å². The van der Waals surface area contributed by atoms with Crippen molar-refractivity contribution < 1.29 is 0 Å². The van der Waals surface area contributed by atoms with Crippen LogP contribution < -0.4 is 4.90 Å². The van der Waals surface area contributed by atoms with Crippen molar-refractivity contribution in [2.24, 2.45) is 0 Å². The summed E-state index contributed by atoms with van der Waals surface area (Å²) in [6, 6.07) is 7.00. The molecule has 0 saturated heterocycles. The van der Waals surface area contributed by atoms with Crippen molar-refractivity contribution in [3.63, 3.8) is 0 Å². The van der Waals surface area contributed by atoms with Gasteiger partial charge in [0.1, 0.15) is 0 Å². The number of halogens is 2. The van der Waals surface area contributed by atoms with Gasteiger partial charge in [0, 0.05) is 34.3 Å². The van der Waals surface area contributed by atoms with Gasteiger partial charge < -0.3 is 4.90 Å². The first-order chi connectivity index (χ1) is 7.60. The largest absolute Gasteiger partial charge is 0.371 e. The third-order valence-corrected chi connectivity index (χ3v) is 4.55. The standard InChI is InChI=1S/C12H17Br2NS/c1-9(8-16-3)15(2)12-5-4-11(14)6-10(12)7-13/h4-6,9H,7-8H2,1-3H3. The zero-order valence-electron chi connectivity index (χ0n) is 9.84. The van der Waals surface area contributed by atoms with E-state index in [0.29, 0.717) is 6.04 Å². The van der Waals surface area contributed by atoms with Crippen LogP contribution in [-0.2, 0) is 5.33 Å². The quantitative estimate of drug-likeness (QED) is 0.704. The summed E-state index contributed by atoms with van der Waals surface area (Å²) in [5.41, 5.74) is 2.63. The molecule has 0 amide bonds. The maximum absolute atomic E-state index is 3.55. The third-order valence-electron chi connectivity index (χ3n) is 2.63. The predicted octanol–water partition coefficient (Wildman–Crippen LogP) is 4.53. The number of rotatable bonds is 5. The highest BCUT2D eigenvalue weighted by Crippen LogP contribution is 2.27. The number of thioether (sulfide) groups is 1. The maximum atomic E-state index is 3.55. The van der Waals surface area contributed by atoms with Crippen molar-refractivity contribution in [1.29, 1.82) is 0 Å². The molecule has 1 rings (SSSR count). The molecule has 0 aliphatic carbocycles. The molecule has 1 atom stereocenters. The second-order valence-electron chi connectivity index (χ2n) is 3.82. The molecule has 1 nitrogen and oxygen atoms in total. The van der Waals surface area contributed by atoms with Crippen LogP contribution in [0.3, 0.4) is 0 Å². The van der Waals surface area contributed by atoms with Crippen LogP contribution in [0, 0.1) is 0 Å². The Balaban J connectivity index is 2.93. The second kappa shape index (κ2) is 6.92. The summed E-state index contributed by atoms with van der Waals surface area (Å²) in [6.45, 7) is 2.26. The highest BCUT2D eigenvalue weighted by molar-refractivity contribution is 9.10. The monoisotopic (exact) mass is 365 g/mol. The van der Waals surface area contributed by atoms with Crippen molar-refractivity contribution in [1.82, 2.24) is 0 Å². The minimum Gasteiger partial charge on any atom is -0.371 e. The van der Waals surface area contributed by atoms with Gasteiger partial charge in [-0.25, -0.2) is 0 Å². The molecule has 90 valence electrons. The van der Waals surface area contributed by atoms with Crippen molar-refractivity contribution in [3.05, 3.63) is 28.2 Å². The Hall–Kier alpha value is 0.330. The highest BCUT2D eigenvalue weighted by atomic mass is 79.9. The van der Waals surface area contributed by atoms with Crippen LogP contribution in [0.2, 0.25) is 0 Å². The van der Waals surface area contributed by atoms with E-state index in [-0.39, 0.29) is 0 Å². The van der Waals surface area contributed by atoms with Gasteiger partial charge in [-0.1, -0.05) is 31.9 Å². The molecule has 0 heterocycles. The lowest BCUT2D eigenvalue weighted by Gasteiger charge is -2.28. The fourth-order valence-corrected chi connectivity index (χ4v) is 3.16. The number of nitrogens with zero attached hydrogens (tertiary/aromatic N) is 1. The molecule has 0 fully saturated rings. The molecule has 1 aromatic rings. The Kier molecular flexibility index (Phi) is 6.22. The van der Waals surface area contributed by atoms with E-state index in [1.807, 2.05) is 11.8 Å². The van der Waals surface area contributed by atoms with Gasteiger partial charge in [-0.2, -0.15) is 11.8 Å². The summed E-state index contributed by atoms with van der Waals surface area (Å²) < 4.78 is 1.14. The van der Waals surface area contributed by atoms with E-state index < -0.39 is 0 Å². The summed E-state index contributed by atoms with van der Waals surface area (Å²) in [5.74, 6) is 1.15. The number of hydrogen-bond acceptors (Lipinski definition) is 2. The van der Waals surface area contributed by atoms with Crippen LogP contribution in [0.5, 0.6) is 0 Å². The Labute approximate surface area is 119 Å². The molecule has 4 heteroatoms. The predicted molar refractivity (Wildman–Crippen MR) is 83.0 cm³/mol. The van der Waals surface area contributed by atoms with Gasteiger partial charge in [-0.15, -0.1) is 0 Å². The van der Waals surface area contributed by atoms with Crippen LogP contribution >= 0.6 is 43.6 Å². The minimum absolute atomic E-state index is 0.550. The fourth-order valence-electron chi connectivity index (χ4n) is 1.60. The molecule has 0 aromatic heterocycles. The van der Waals surface area contributed by atoms with E-state index in [9.17, 15) is 0 Å². The molecule has 0 saturated carbocycles. The van der Waals surface area contributed by atoms with Gasteiger partial charge in [-0.3, -0.25) is 0 Å². The van der Waals surface area contributed by atoms with Crippen molar-refractivity contribution in [3.8, 4) is 0 Å². The number of hydrogen-bond donors (Lipinski definition) is 0. The lowest BCUT2D eigenvalue weighted by atomic mass is 10.1. The molecule has 0 spiro atoms. The van der Waals surface area contributed by atoms with E-state index in [1.54, 1.807) is 0 Å². The number of anilines is 1. The molecule has 1 unspecified atom stereocenters. The fraction of sp³-hybridized carbons (Fsp3) is 0.500. The Morgan fingerprint density at radius 2 is 2.12 bits per heavy atom. The first-order valence-electron chi connectivity index (χ1n) is 5.16. The van der Waals surface area contributed by atoms with Crippen LogP contribution in [0.15, 0.2) is 22.7 Å². The van der Waals surface area contributed by atoms with Crippen LogP contribution in [0.1, 0.15) is 12.5 Å². The number of alkyl halides is 1. The Morgan fingerprint density at radius 1 is 1.44 bits per heavy atom. The normalized spacial score (nSPS) is 12.6. The van der Waals surface area contributed by atoms with Crippen LogP contribution in [0.4, 0.5) is 5.69 Å². The summed E-state index contributed by atoms with van der Waals surface area (Å²) >= 11 is 8.94. The third kappa shape index (κ3) is 3.67. The van der Waals surface area contributed by atoms with Gasteiger partial charge >= 0.3 is 0 Å². The second-order valence-corrected chi connectivity index (χ2v) is 6.21. The molecule has 0 radical (unpaired) electrons. The zero-order valence-corrected chi connectivity index (χ0v) is 13.8.